The minimum absolute atomic E-state index is 0.0573. The molecule has 0 bridgehead atoms. The monoisotopic (exact) mass is 329 g/mol. The normalized spacial score (nSPS) is 16.9. The van der Waals surface area contributed by atoms with Gasteiger partial charge in [-0.25, -0.2) is 5.06 Å². The Morgan fingerprint density at radius 3 is 2.89 bits per heavy atom. The van der Waals surface area contributed by atoms with Gasteiger partial charge in [-0.15, -0.1) is 0 Å². The van der Waals surface area contributed by atoms with Gasteiger partial charge in [0.15, 0.2) is 0 Å². The van der Waals surface area contributed by atoms with E-state index in [4.69, 9.17) is 14.3 Å². The summed E-state index contributed by atoms with van der Waals surface area (Å²) in [4.78, 5) is 17.1. The Bertz CT molecular complexity index is 492. The van der Waals surface area contributed by atoms with Crippen molar-refractivity contribution in [2.75, 3.05) is 27.9 Å². The van der Waals surface area contributed by atoms with Crippen molar-refractivity contribution in [3.63, 3.8) is 0 Å². The summed E-state index contributed by atoms with van der Waals surface area (Å²) in [6, 6.07) is 3.59. The third kappa shape index (κ3) is 2.75. The molecule has 1 aromatic rings. The lowest BCUT2D eigenvalue weighted by molar-refractivity contribution is -0.0759. The topological polar surface area (TPSA) is 48.0 Å². The number of amides is 1. The predicted molar refractivity (Wildman–Crippen MR) is 73.2 cm³/mol. The fourth-order valence-electron chi connectivity index (χ4n) is 2.06. The quantitative estimate of drug-likeness (QED) is 0.793. The summed E-state index contributed by atoms with van der Waals surface area (Å²) in [6.07, 6.45) is 0.666. The molecule has 1 aromatic carbocycles. The van der Waals surface area contributed by atoms with Crippen molar-refractivity contribution in [1.29, 1.82) is 0 Å². The zero-order valence-corrected chi connectivity index (χ0v) is 12.7. The number of carbonyl (C=O) groups is 1. The molecule has 1 unspecified atom stereocenters. The lowest BCUT2D eigenvalue weighted by Crippen LogP contribution is -2.26. The van der Waals surface area contributed by atoms with Gasteiger partial charge in [0.25, 0.3) is 5.91 Å². The highest BCUT2D eigenvalue weighted by atomic mass is 79.9. The SMILES string of the molecule is COCC1Cc2c(Br)ccc(C(=O)N(C)OC)c2O1. The van der Waals surface area contributed by atoms with Crippen LogP contribution in [0.15, 0.2) is 16.6 Å². The van der Waals surface area contributed by atoms with Gasteiger partial charge in [0.2, 0.25) is 0 Å². The smallest absolute Gasteiger partial charge is 0.280 e. The van der Waals surface area contributed by atoms with Crippen molar-refractivity contribution >= 4 is 21.8 Å². The van der Waals surface area contributed by atoms with Crippen LogP contribution in [0, 0.1) is 0 Å². The van der Waals surface area contributed by atoms with Gasteiger partial charge < -0.3 is 9.47 Å². The summed E-state index contributed by atoms with van der Waals surface area (Å²) < 4.78 is 11.9. The molecule has 104 valence electrons. The number of halogens is 1. The van der Waals surface area contributed by atoms with Gasteiger partial charge in [-0.2, -0.15) is 0 Å². The van der Waals surface area contributed by atoms with Gasteiger partial charge in [0.1, 0.15) is 11.9 Å². The zero-order chi connectivity index (χ0) is 14.0. The number of rotatable bonds is 4. The van der Waals surface area contributed by atoms with E-state index >= 15 is 0 Å². The van der Waals surface area contributed by atoms with Crippen LogP contribution in [0.5, 0.6) is 5.75 Å². The molecule has 1 amide bonds. The molecule has 0 N–H and O–H groups in total. The number of nitrogens with zero attached hydrogens (tertiary/aromatic N) is 1. The largest absolute Gasteiger partial charge is 0.486 e. The fraction of sp³-hybridized carbons (Fsp3) is 0.462. The maximum Gasteiger partial charge on any atom is 0.280 e. The number of methoxy groups -OCH3 is 1. The average Bonchev–Trinajstić information content (AvgIpc) is 2.82. The second-order valence-corrected chi connectivity index (χ2v) is 5.14. The summed E-state index contributed by atoms with van der Waals surface area (Å²) in [6.45, 7) is 0.495. The number of ether oxygens (including phenoxy) is 2. The molecular formula is C13H16BrNO4. The Balaban J connectivity index is 2.35. The first-order valence-electron chi connectivity index (χ1n) is 5.87. The number of benzene rings is 1. The Kier molecular flexibility index (Phi) is 4.44. The van der Waals surface area contributed by atoms with Crippen LogP contribution in [0.1, 0.15) is 15.9 Å². The standard InChI is InChI=1S/C13H16BrNO4/c1-15(18-3)13(16)9-4-5-11(14)10-6-8(7-17-2)19-12(9)10/h4-5,8H,6-7H2,1-3H3. The van der Waals surface area contributed by atoms with Crippen LogP contribution in [0.3, 0.4) is 0 Å². The third-order valence-electron chi connectivity index (χ3n) is 3.06. The number of fused-ring (bicyclic) bond motifs is 1. The predicted octanol–water partition coefficient (Wildman–Crippen LogP) is 2.03. The molecule has 1 heterocycles. The number of hydrogen-bond acceptors (Lipinski definition) is 4. The first-order valence-corrected chi connectivity index (χ1v) is 6.67. The van der Waals surface area contributed by atoms with E-state index in [-0.39, 0.29) is 12.0 Å². The average molecular weight is 330 g/mol. The minimum atomic E-state index is -0.232. The molecule has 0 aromatic heterocycles. The molecule has 6 heteroatoms. The van der Waals surface area contributed by atoms with E-state index in [9.17, 15) is 4.79 Å². The lowest BCUT2D eigenvalue weighted by atomic mass is 10.1. The van der Waals surface area contributed by atoms with Crippen LogP contribution < -0.4 is 4.74 Å². The van der Waals surface area contributed by atoms with Gasteiger partial charge in [-0.05, 0) is 12.1 Å². The van der Waals surface area contributed by atoms with E-state index in [0.717, 1.165) is 16.5 Å². The minimum Gasteiger partial charge on any atom is -0.486 e. The first-order chi connectivity index (χ1) is 9.08. The Morgan fingerprint density at radius 1 is 1.53 bits per heavy atom. The molecule has 19 heavy (non-hydrogen) atoms. The third-order valence-corrected chi connectivity index (χ3v) is 3.81. The Hall–Kier alpha value is -1.11. The summed E-state index contributed by atoms with van der Waals surface area (Å²) in [5, 5.41) is 1.18. The molecule has 0 fully saturated rings. The van der Waals surface area contributed by atoms with Crippen molar-refractivity contribution in [2.24, 2.45) is 0 Å². The van der Waals surface area contributed by atoms with Crippen LogP contribution in [-0.2, 0) is 16.0 Å². The van der Waals surface area contributed by atoms with Crippen molar-refractivity contribution in [1.82, 2.24) is 5.06 Å². The van der Waals surface area contributed by atoms with Gasteiger partial charge in [0.05, 0.1) is 19.3 Å². The molecule has 0 saturated heterocycles. The summed E-state index contributed by atoms with van der Waals surface area (Å²) in [5.74, 6) is 0.384. The molecule has 1 aliphatic heterocycles. The Labute approximate surface area is 120 Å². The van der Waals surface area contributed by atoms with Gasteiger partial charge >= 0.3 is 0 Å². The highest BCUT2D eigenvalue weighted by molar-refractivity contribution is 9.10. The fourth-order valence-corrected chi connectivity index (χ4v) is 2.54. The number of hydrogen-bond donors (Lipinski definition) is 0. The molecule has 5 nitrogen and oxygen atoms in total. The van der Waals surface area contributed by atoms with Crippen molar-refractivity contribution in [3.8, 4) is 5.75 Å². The molecule has 0 aliphatic carbocycles. The number of hydroxylamine groups is 2. The number of carbonyl (C=O) groups excluding carboxylic acids is 1. The lowest BCUT2D eigenvalue weighted by Gasteiger charge is -2.16. The molecule has 2 rings (SSSR count). The summed E-state index contributed by atoms with van der Waals surface area (Å²) >= 11 is 3.49. The molecule has 0 radical (unpaired) electrons. The molecule has 1 atom stereocenters. The van der Waals surface area contributed by atoms with Crippen LogP contribution >= 0.6 is 15.9 Å². The van der Waals surface area contributed by atoms with E-state index in [1.807, 2.05) is 6.07 Å². The highest BCUT2D eigenvalue weighted by Gasteiger charge is 2.30. The van der Waals surface area contributed by atoms with Crippen LogP contribution in [0.4, 0.5) is 0 Å². The highest BCUT2D eigenvalue weighted by Crippen LogP contribution is 2.38. The van der Waals surface area contributed by atoms with Gasteiger partial charge in [-0.1, -0.05) is 15.9 Å². The zero-order valence-electron chi connectivity index (χ0n) is 11.1. The van der Waals surface area contributed by atoms with Crippen molar-refractivity contribution < 1.29 is 19.1 Å². The summed E-state index contributed by atoms with van der Waals surface area (Å²) in [7, 11) is 4.65. The van der Waals surface area contributed by atoms with E-state index in [1.165, 1.54) is 12.2 Å². The molecular weight excluding hydrogens is 314 g/mol. The van der Waals surface area contributed by atoms with Gasteiger partial charge in [-0.3, -0.25) is 9.63 Å². The van der Waals surface area contributed by atoms with Crippen molar-refractivity contribution in [2.45, 2.75) is 12.5 Å². The Morgan fingerprint density at radius 2 is 2.26 bits per heavy atom. The maximum atomic E-state index is 12.2. The van der Waals surface area contributed by atoms with Gasteiger partial charge in [0, 0.05) is 30.6 Å². The molecule has 0 spiro atoms. The van der Waals surface area contributed by atoms with Crippen LogP contribution in [-0.4, -0.2) is 44.9 Å². The van der Waals surface area contributed by atoms with E-state index in [1.54, 1.807) is 20.2 Å². The molecule has 0 saturated carbocycles. The van der Waals surface area contributed by atoms with Crippen LogP contribution in [0.25, 0.3) is 0 Å². The maximum absolute atomic E-state index is 12.2. The van der Waals surface area contributed by atoms with E-state index in [0.29, 0.717) is 17.9 Å². The first kappa shape index (κ1) is 14.3. The molecule has 1 aliphatic rings. The van der Waals surface area contributed by atoms with Crippen LogP contribution in [0.2, 0.25) is 0 Å². The second-order valence-electron chi connectivity index (χ2n) is 4.29. The second kappa shape index (κ2) is 5.90. The van der Waals surface area contributed by atoms with Crippen molar-refractivity contribution in [3.05, 3.63) is 27.7 Å². The summed E-state index contributed by atoms with van der Waals surface area (Å²) in [5.41, 5.74) is 1.50. The van der Waals surface area contributed by atoms with E-state index < -0.39 is 0 Å². The van der Waals surface area contributed by atoms with E-state index in [2.05, 4.69) is 15.9 Å².